The Morgan fingerprint density at radius 2 is 1.77 bits per heavy atom. The summed E-state index contributed by atoms with van der Waals surface area (Å²) in [6.45, 7) is 8.62. The second-order valence-electron chi connectivity index (χ2n) is 9.58. The fourth-order valence-electron chi connectivity index (χ4n) is 5.93. The lowest BCUT2D eigenvalue weighted by Crippen LogP contribution is -2.61. The lowest BCUT2D eigenvalue weighted by Gasteiger charge is -2.49. The molecule has 0 aromatic heterocycles. The summed E-state index contributed by atoms with van der Waals surface area (Å²) in [4.78, 5) is 9.95. The number of hydrogen-bond donors (Lipinski definition) is 1. The van der Waals surface area contributed by atoms with Crippen LogP contribution in [0.1, 0.15) is 36.6 Å². The molecule has 31 heavy (non-hydrogen) atoms. The fourth-order valence-corrected chi connectivity index (χ4v) is 5.93. The molecular weight excluding hydrogens is 384 g/mol. The number of anilines is 1. The van der Waals surface area contributed by atoms with Gasteiger partial charge in [-0.3, -0.25) is 4.99 Å². The van der Waals surface area contributed by atoms with Gasteiger partial charge in [0, 0.05) is 55.6 Å². The van der Waals surface area contributed by atoms with Crippen molar-refractivity contribution in [3.8, 4) is 0 Å². The third kappa shape index (κ3) is 2.53. The standard InChI is InChI=1S/C26H30N4O/c1-25(2)20-10-6-7-11-21(20)29(3)26(25)17-28-24-19-9-5-4-8-18(19)22(16-23(24)31-26)30-14-12-27-13-15-30/h4-11,16-17,23-24,27H,12-15H2,1-3H3. The summed E-state index contributed by atoms with van der Waals surface area (Å²) in [6.07, 6.45) is 4.32. The molecule has 5 nitrogen and oxygen atoms in total. The van der Waals surface area contributed by atoms with Crippen molar-refractivity contribution in [1.82, 2.24) is 10.2 Å². The first-order chi connectivity index (χ1) is 15.0. The lowest BCUT2D eigenvalue weighted by molar-refractivity contribution is -0.0765. The maximum Gasteiger partial charge on any atom is 0.187 e. The van der Waals surface area contributed by atoms with Crippen molar-refractivity contribution in [3.63, 3.8) is 0 Å². The zero-order valence-electron chi connectivity index (χ0n) is 18.5. The van der Waals surface area contributed by atoms with Crippen LogP contribution in [0.4, 0.5) is 5.69 Å². The number of fused-ring (bicyclic) bond motifs is 4. The van der Waals surface area contributed by atoms with Crippen molar-refractivity contribution in [1.29, 1.82) is 0 Å². The molecule has 4 aliphatic rings. The smallest absolute Gasteiger partial charge is 0.187 e. The molecule has 0 radical (unpaired) electrons. The molecule has 160 valence electrons. The van der Waals surface area contributed by atoms with E-state index in [1.165, 1.54) is 28.1 Å². The van der Waals surface area contributed by atoms with Gasteiger partial charge in [0.1, 0.15) is 12.1 Å². The number of hydrogen-bond acceptors (Lipinski definition) is 5. The van der Waals surface area contributed by atoms with E-state index in [0.29, 0.717) is 0 Å². The van der Waals surface area contributed by atoms with E-state index < -0.39 is 5.72 Å². The number of likely N-dealkylation sites (N-methyl/N-ethyl adjacent to an activating group) is 1. The molecule has 1 spiro atoms. The van der Waals surface area contributed by atoms with Gasteiger partial charge >= 0.3 is 0 Å². The molecule has 0 bridgehead atoms. The largest absolute Gasteiger partial charge is 0.369 e. The molecule has 0 amide bonds. The van der Waals surface area contributed by atoms with Crippen molar-refractivity contribution in [2.75, 3.05) is 38.1 Å². The van der Waals surface area contributed by atoms with Crippen LogP contribution in [-0.2, 0) is 10.2 Å². The van der Waals surface area contributed by atoms with Crippen molar-refractivity contribution in [2.24, 2.45) is 4.99 Å². The van der Waals surface area contributed by atoms with Crippen LogP contribution in [0.15, 0.2) is 59.6 Å². The molecule has 2 aromatic carbocycles. The Hall–Kier alpha value is -2.63. The van der Waals surface area contributed by atoms with Crippen molar-refractivity contribution in [3.05, 3.63) is 71.3 Å². The number of nitrogens with zero attached hydrogens (tertiary/aromatic N) is 3. The Kier molecular flexibility index (Phi) is 4.11. The second kappa shape index (κ2) is 6.68. The molecule has 1 aliphatic carbocycles. The van der Waals surface area contributed by atoms with Gasteiger partial charge in [-0.1, -0.05) is 56.3 Å². The van der Waals surface area contributed by atoms with Crippen LogP contribution in [-0.4, -0.2) is 56.2 Å². The van der Waals surface area contributed by atoms with Crippen molar-refractivity contribution >= 4 is 17.6 Å². The van der Waals surface area contributed by atoms with E-state index in [4.69, 9.17) is 9.73 Å². The first-order valence-corrected chi connectivity index (χ1v) is 11.4. The van der Waals surface area contributed by atoms with Crippen LogP contribution in [0.25, 0.3) is 5.70 Å². The van der Waals surface area contributed by atoms with Gasteiger partial charge in [-0.05, 0) is 23.3 Å². The highest BCUT2D eigenvalue weighted by molar-refractivity contribution is 5.85. The topological polar surface area (TPSA) is 40.1 Å². The molecule has 1 fully saturated rings. The number of aliphatic imine (C=N–C) groups is 1. The van der Waals surface area contributed by atoms with E-state index in [0.717, 1.165) is 26.2 Å². The van der Waals surface area contributed by atoms with Crippen LogP contribution >= 0.6 is 0 Å². The normalized spacial score (nSPS) is 30.6. The van der Waals surface area contributed by atoms with Crippen molar-refractivity contribution in [2.45, 2.75) is 37.1 Å². The number of piperazine rings is 1. The van der Waals surface area contributed by atoms with Crippen LogP contribution in [0.3, 0.4) is 0 Å². The predicted octanol–water partition coefficient (Wildman–Crippen LogP) is 3.58. The number of benzene rings is 2. The van der Waals surface area contributed by atoms with Gasteiger partial charge in [0.25, 0.3) is 0 Å². The highest BCUT2D eigenvalue weighted by Gasteiger charge is 2.59. The van der Waals surface area contributed by atoms with Crippen LogP contribution in [0.2, 0.25) is 0 Å². The summed E-state index contributed by atoms with van der Waals surface area (Å²) in [5.41, 5.74) is 5.57. The maximum atomic E-state index is 7.08. The highest BCUT2D eigenvalue weighted by atomic mass is 16.5. The molecule has 5 heteroatoms. The summed E-state index contributed by atoms with van der Waals surface area (Å²) in [6, 6.07) is 17.4. The number of rotatable bonds is 1. The van der Waals surface area contributed by atoms with E-state index in [1.807, 2.05) is 0 Å². The van der Waals surface area contributed by atoms with Gasteiger partial charge in [0.15, 0.2) is 5.72 Å². The van der Waals surface area contributed by atoms with Gasteiger partial charge < -0.3 is 19.9 Å². The Bertz CT molecular complexity index is 1080. The Labute approximate surface area is 184 Å². The average molecular weight is 415 g/mol. The van der Waals surface area contributed by atoms with Gasteiger partial charge in [-0.15, -0.1) is 0 Å². The second-order valence-corrected chi connectivity index (χ2v) is 9.58. The Morgan fingerprint density at radius 1 is 1.03 bits per heavy atom. The van der Waals surface area contributed by atoms with Crippen LogP contribution < -0.4 is 10.2 Å². The van der Waals surface area contributed by atoms with Gasteiger partial charge in [0.05, 0.1) is 6.21 Å². The summed E-state index contributed by atoms with van der Waals surface area (Å²) >= 11 is 0. The SMILES string of the molecule is CN1c2ccccc2C(C)(C)C12C=NC1c3ccccc3C(N3CCNCC3)=CC1O2. The molecule has 3 heterocycles. The highest BCUT2D eigenvalue weighted by Crippen LogP contribution is 2.54. The monoisotopic (exact) mass is 414 g/mol. The zero-order chi connectivity index (χ0) is 21.2. The predicted molar refractivity (Wildman–Crippen MR) is 126 cm³/mol. The molecule has 1 N–H and O–H groups in total. The summed E-state index contributed by atoms with van der Waals surface area (Å²) in [7, 11) is 2.14. The van der Waals surface area contributed by atoms with E-state index in [2.05, 4.69) is 96.8 Å². The molecule has 3 aliphatic heterocycles. The quantitative estimate of drug-likeness (QED) is 0.774. The van der Waals surface area contributed by atoms with Crippen LogP contribution in [0, 0.1) is 0 Å². The van der Waals surface area contributed by atoms with Gasteiger partial charge in [-0.2, -0.15) is 0 Å². The maximum absolute atomic E-state index is 7.08. The number of nitrogens with one attached hydrogen (secondary N) is 1. The van der Waals surface area contributed by atoms with E-state index in [1.54, 1.807) is 0 Å². The fraction of sp³-hybridized carbons (Fsp3) is 0.423. The van der Waals surface area contributed by atoms with E-state index in [9.17, 15) is 0 Å². The van der Waals surface area contributed by atoms with Gasteiger partial charge in [-0.25, -0.2) is 0 Å². The van der Waals surface area contributed by atoms with Crippen LogP contribution in [0.5, 0.6) is 0 Å². The molecular formula is C26H30N4O. The van der Waals surface area contributed by atoms with Crippen molar-refractivity contribution < 1.29 is 4.74 Å². The molecule has 1 saturated heterocycles. The van der Waals surface area contributed by atoms with E-state index in [-0.39, 0.29) is 17.6 Å². The van der Waals surface area contributed by atoms with Gasteiger partial charge in [0.2, 0.25) is 0 Å². The average Bonchev–Trinajstić information content (AvgIpc) is 2.97. The molecule has 6 rings (SSSR count). The minimum atomic E-state index is -0.602. The minimum absolute atomic E-state index is 0.00130. The first kappa shape index (κ1) is 19.1. The number of ether oxygens (including phenoxy) is 1. The molecule has 3 atom stereocenters. The Morgan fingerprint density at radius 3 is 2.58 bits per heavy atom. The third-order valence-electron chi connectivity index (χ3n) is 7.70. The van der Waals surface area contributed by atoms with E-state index >= 15 is 0 Å². The summed E-state index contributed by atoms with van der Waals surface area (Å²) in [5.74, 6) is 0. The molecule has 0 saturated carbocycles. The summed E-state index contributed by atoms with van der Waals surface area (Å²) < 4.78 is 7.08. The lowest BCUT2D eigenvalue weighted by atomic mass is 9.76. The third-order valence-corrected chi connectivity index (χ3v) is 7.70. The Balaban J connectivity index is 1.46. The molecule has 3 unspecified atom stereocenters. The minimum Gasteiger partial charge on any atom is -0.369 e. The first-order valence-electron chi connectivity index (χ1n) is 11.4. The molecule has 2 aromatic rings. The number of para-hydroxylation sites is 1. The summed E-state index contributed by atoms with van der Waals surface area (Å²) in [5, 5.41) is 3.47. The zero-order valence-corrected chi connectivity index (χ0v) is 18.5.